The summed E-state index contributed by atoms with van der Waals surface area (Å²) < 4.78 is 6.02. The van der Waals surface area contributed by atoms with Gasteiger partial charge in [-0.2, -0.15) is 0 Å². The van der Waals surface area contributed by atoms with Crippen LogP contribution in [0.4, 0.5) is 0 Å². The van der Waals surface area contributed by atoms with Crippen LogP contribution >= 0.6 is 12.4 Å². The Kier molecular flexibility index (Phi) is 5.02. The maximum atomic E-state index is 12.8. The molecule has 0 spiro atoms. The number of hydrogen-bond donors (Lipinski definition) is 2. The predicted octanol–water partition coefficient (Wildman–Crippen LogP) is 4.04. The van der Waals surface area contributed by atoms with Gasteiger partial charge in [-0.1, -0.05) is 43.3 Å². The molecule has 4 rings (SSSR count). The SMILES string of the molecule is Cc1c(C(=O)NC2CNCCC2C)oc2c1ccc1ccccc12.Cl. The fraction of sp³-hybridized carbons (Fsp3) is 0.350. The predicted molar refractivity (Wildman–Crippen MR) is 104 cm³/mol. The van der Waals surface area contributed by atoms with Crippen molar-refractivity contribution in [3.63, 3.8) is 0 Å². The highest BCUT2D eigenvalue weighted by molar-refractivity contribution is 6.08. The molecule has 1 aliphatic rings. The number of fused-ring (bicyclic) bond motifs is 3. The van der Waals surface area contributed by atoms with Crippen LogP contribution in [0, 0.1) is 12.8 Å². The van der Waals surface area contributed by atoms with Gasteiger partial charge in [-0.15, -0.1) is 12.4 Å². The fourth-order valence-electron chi connectivity index (χ4n) is 3.58. The first kappa shape index (κ1) is 17.8. The third kappa shape index (κ3) is 3.12. The number of carbonyl (C=O) groups excluding carboxylic acids is 1. The van der Waals surface area contributed by atoms with Crippen LogP contribution in [0.25, 0.3) is 21.7 Å². The summed E-state index contributed by atoms with van der Waals surface area (Å²) in [6.45, 7) is 5.97. The molecule has 1 amide bonds. The van der Waals surface area contributed by atoms with Crippen LogP contribution in [0.2, 0.25) is 0 Å². The Hall–Kier alpha value is -2.04. The molecule has 25 heavy (non-hydrogen) atoms. The van der Waals surface area contributed by atoms with Gasteiger partial charge in [0, 0.05) is 28.9 Å². The quantitative estimate of drug-likeness (QED) is 0.726. The summed E-state index contributed by atoms with van der Waals surface area (Å²) in [5.74, 6) is 0.785. The van der Waals surface area contributed by atoms with Gasteiger partial charge in [-0.25, -0.2) is 0 Å². The zero-order chi connectivity index (χ0) is 16.7. The summed E-state index contributed by atoms with van der Waals surface area (Å²) in [4.78, 5) is 12.8. The smallest absolute Gasteiger partial charge is 0.287 e. The van der Waals surface area contributed by atoms with E-state index in [4.69, 9.17) is 4.42 Å². The van der Waals surface area contributed by atoms with Gasteiger partial charge in [0.25, 0.3) is 5.91 Å². The van der Waals surface area contributed by atoms with Crippen molar-refractivity contribution in [1.82, 2.24) is 10.6 Å². The first-order chi connectivity index (χ1) is 11.6. The highest BCUT2D eigenvalue weighted by Crippen LogP contribution is 2.31. The van der Waals surface area contributed by atoms with Crippen LogP contribution in [0.1, 0.15) is 29.5 Å². The van der Waals surface area contributed by atoms with Crippen molar-refractivity contribution < 1.29 is 9.21 Å². The number of rotatable bonds is 2. The number of halogens is 1. The lowest BCUT2D eigenvalue weighted by molar-refractivity contribution is 0.0888. The Morgan fingerprint density at radius 3 is 2.80 bits per heavy atom. The van der Waals surface area contributed by atoms with Crippen LogP contribution in [0.3, 0.4) is 0 Å². The average molecular weight is 359 g/mol. The molecule has 5 heteroatoms. The third-order valence-electron chi connectivity index (χ3n) is 5.18. The lowest BCUT2D eigenvalue weighted by Gasteiger charge is -2.29. The van der Waals surface area contributed by atoms with Gasteiger partial charge in [0.2, 0.25) is 0 Å². The standard InChI is InChI=1S/C20H22N2O2.ClH/c1-12-9-10-21-11-17(12)22-20(23)18-13(2)15-8-7-14-5-3-4-6-16(14)19(15)24-18;/h3-8,12,17,21H,9-11H2,1-2H3,(H,22,23);1H. The fourth-order valence-corrected chi connectivity index (χ4v) is 3.58. The van der Waals surface area contributed by atoms with Crippen LogP contribution in [0.15, 0.2) is 40.8 Å². The number of nitrogens with one attached hydrogen (secondary N) is 2. The molecule has 0 aliphatic carbocycles. The maximum Gasteiger partial charge on any atom is 0.287 e. The van der Waals surface area contributed by atoms with Gasteiger partial charge >= 0.3 is 0 Å². The molecular formula is C20H23ClN2O2. The summed E-state index contributed by atoms with van der Waals surface area (Å²) >= 11 is 0. The number of hydrogen-bond acceptors (Lipinski definition) is 3. The molecule has 2 unspecified atom stereocenters. The van der Waals surface area contributed by atoms with E-state index in [9.17, 15) is 4.79 Å². The van der Waals surface area contributed by atoms with Gasteiger partial charge in [0.15, 0.2) is 5.76 Å². The molecule has 2 heterocycles. The molecule has 0 radical (unpaired) electrons. The van der Waals surface area contributed by atoms with E-state index in [2.05, 4.69) is 29.7 Å². The summed E-state index contributed by atoms with van der Waals surface area (Å²) in [5, 5.41) is 9.66. The molecule has 1 saturated heterocycles. The Labute approximate surface area is 153 Å². The van der Waals surface area contributed by atoms with Crippen molar-refractivity contribution in [1.29, 1.82) is 0 Å². The van der Waals surface area contributed by atoms with E-state index in [0.29, 0.717) is 11.7 Å². The number of piperidine rings is 1. The number of furan rings is 1. The average Bonchev–Trinajstić information content (AvgIpc) is 2.94. The Morgan fingerprint density at radius 2 is 2.00 bits per heavy atom. The molecule has 4 nitrogen and oxygen atoms in total. The maximum absolute atomic E-state index is 12.8. The minimum Gasteiger partial charge on any atom is -0.450 e. The van der Waals surface area contributed by atoms with Crippen LogP contribution in [-0.4, -0.2) is 25.0 Å². The number of amides is 1. The second kappa shape index (κ2) is 7.06. The topological polar surface area (TPSA) is 54.3 Å². The van der Waals surface area contributed by atoms with Crippen molar-refractivity contribution >= 4 is 40.1 Å². The molecule has 1 fully saturated rings. The van der Waals surface area contributed by atoms with Crippen molar-refractivity contribution in [2.75, 3.05) is 13.1 Å². The molecule has 132 valence electrons. The van der Waals surface area contributed by atoms with Crippen molar-refractivity contribution in [2.45, 2.75) is 26.3 Å². The zero-order valence-electron chi connectivity index (χ0n) is 14.5. The largest absolute Gasteiger partial charge is 0.450 e. The normalized spacial score (nSPS) is 20.4. The van der Waals surface area contributed by atoms with E-state index >= 15 is 0 Å². The second-order valence-corrected chi connectivity index (χ2v) is 6.77. The second-order valence-electron chi connectivity index (χ2n) is 6.77. The molecule has 2 atom stereocenters. The van der Waals surface area contributed by atoms with Crippen LogP contribution < -0.4 is 10.6 Å². The van der Waals surface area contributed by atoms with E-state index < -0.39 is 0 Å². The molecular weight excluding hydrogens is 336 g/mol. The van der Waals surface area contributed by atoms with E-state index in [1.807, 2.05) is 31.2 Å². The Bertz CT molecular complexity index is 919. The summed E-state index contributed by atoms with van der Waals surface area (Å²) in [7, 11) is 0. The monoisotopic (exact) mass is 358 g/mol. The van der Waals surface area contributed by atoms with Gasteiger partial charge in [-0.05, 0) is 31.2 Å². The molecule has 0 bridgehead atoms. The summed E-state index contributed by atoms with van der Waals surface area (Å²) in [6, 6.07) is 12.4. The van der Waals surface area contributed by atoms with Crippen LogP contribution in [-0.2, 0) is 0 Å². The number of aryl methyl sites for hydroxylation is 1. The molecule has 3 aromatic rings. The van der Waals surface area contributed by atoms with E-state index in [0.717, 1.165) is 46.8 Å². The zero-order valence-corrected chi connectivity index (χ0v) is 15.3. The molecule has 1 aromatic heterocycles. The first-order valence-electron chi connectivity index (χ1n) is 8.57. The van der Waals surface area contributed by atoms with Crippen molar-refractivity contribution in [2.24, 2.45) is 5.92 Å². The minimum atomic E-state index is -0.117. The van der Waals surface area contributed by atoms with Crippen molar-refractivity contribution in [3.05, 3.63) is 47.7 Å². The Morgan fingerprint density at radius 1 is 1.20 bits per heavy atom. The molecule has 2 N–H and O–H groups in total. The number of benzene rings is 2. The van der Waals surface area contributed by atoms with Crippen molar-refractivity contribution in [3.8, 4) is 0 Å². The van der Waals surface area contributed by atoms with Gasteiger partial charge in [0.05, 0.1) is 0 Å². The molecule has 1 aliphatic heterocycles. The van der Waals surface area contributed by atoms with Crippen LogP contribution in [0.5, 0.6) is 0 Å². The van der Waals surface area contributed by atoms with Gasteiger partial charge in [0.1, 0.15) is 5.58 Å². The third-order valence-corrected chi connectivity index (χ3v) is 5.18. The first-order valence-corrected chi connectivity index (χ1v) is 8.57. The van der Waals surface area contributed by atoms with Gasteiger partial charge < -0.3 is 15.1 Å². The minimum absolute atomic E-state index is 0. The highest BCUT2D eigenvalue weighted by Gasteiger charge is 2.26. The van der Waals surface area contributed by atoms with E-state index in [-0.39, 0.29) is 24.4 Å². The summed E-state index contributed by atoms with van der Waals surface area (Å²) in [5.41, 5.74) is 1.70. The van der Waals surface area contributed by atoms with Gasteiger partial charge in [-0.3, -0.25) is 4.79 Å². The number of carbonyl (C=O) groups is 1. The molecule has 2 aromatic carbocycles. The van der Waals surface area contributed by atoms with E-state index in [1.54, 1.807) is 0 Å². The Balaban J connectivity index is 0.00000182. The lowest BCUT2D eigenvalue weighted by atomic mass is 9.94. The highest BCUT2D eigenvalue weighted by atomic mass is 35.5. The lowest BCUT2D eigenvalue weighted by Crippen LogP contribution is -2.50. The van der Waals surface area contributed by atoms with E-state index in [1.165, 1.54) is 0 Å². The summed E-state index contributed by atoms with van der Waals surface area (Å²) in [6.07, 6.45) is 1.08. The molecule has 0 saturated carbocycles.